The maximum atomic E-state index is 12.3. The van der Waals surface area contributed by atoms with E-state index in [1.165, 1.54) is 4.70 Å². The SMILES string of the molecule is O=C1/C(=C/c2csc3ccccc23)Oc2ccccc21. The fourth-order valence-electron chi connectivity index (χ4n) is 2.39. The van der Waals surface area contributed by atoms with Gasteiger partial charge in [-0.25, -0.2) is 0 Å². The molecule has 2 heterocycles. The summed E-state index contributed by atoms with van der Waals surface area (Å²) in [6.07, 6.45) is 1.83. The van der Waals surface area contributed by atoms with Crippen molar-refractivity contribution in [3.63, 3.8) is 0 Å². The lowest BCUT2D eigenvalue weighted by Gasteiger charge is -1.97. The van der Waals surface area contributed by atoms with Gasteiger partial charge < -0.3 is 4.74 Å². The second-order valence-electron chi connectivity index (χ2n) is 4.62. The van der Waals surface area contributed by atoms with E-state index in [-0.39, 0.29) is 5.78 Å². The maximum absolute atomic E-state index is 12.3. The zero-order valence-corrected chi connectivity index (χ0v) is 11.3. The van der Waals surface area contributed by atoms with Crippen LogP contribution >= 0.6 is 11.3 Å². The van der Waals surface area contributed by atoms with Crippen molar-refractivity contribution in [3.05, 3.63) is 70.8 Å². The molecular weight excluding hydrogens is 268 g/mol. The highest BCUT2D eigenvalue weighted by Crippen LogP contribution is 2.33. The number of hydrogen-bond donors (Lipinski definition) is 0. The lowest BCUT2D eigenvalue weighted by atomic mass is 10.1. The predicted octanol–water partition coefficient (Wildman–Crippen LogP) is 4.52. The summed E-state index contributed by atoms with van der Waals surface area (Å²) in [4.78, 5) is 12.3. The first-order valence-corrected chi connectivity index (χ1v) is 7.20. The van der Waals surface area contributed by atoms with Crippen LogP contribution in [0.3, 0.4) is 0 Å². The number of benzene rings is 2. The summed E-state index contributed by atoms with van der Waals surface area (Å²) < 4.78 is 6.87. The second kappa shape index (κ2) is 4.32. The first-order chi connectivity index (χ1) is 9.83. The molecule has 0 spiro atoms. The standard InChI is InChI=1S/C17H10O2S/c18-17-13-6-1-3-7-14(13)19-15(17)9-11-10-20-16-8-4-2-5-12(11)16/h1-10H/b15-9-. The molecule has 3 heteroatoms. The van der Waals surface area contributed by atoms with Gasteiger partial charge in [0, 0.05) is 4.70 Å². The van der Waals surface area contributed by atoms with Gasteiger partial charge in [-0.3, -0.25) is 4.79 Å². The highest BCUT2D eigenvalue weighted by atomic mass is 32.1. The zero-order valence-electron chi connectivity index (χ0n) is 10.5. The number of hydrogen-bond acceptors (Lipinski definition) is 3. The molecule has 2 nitrogen and oxygen atoms in total. The van der Waals surface area contributed by atoms with Gasteiger partial charge >= 0.3 is 0 Å². The molecule has 96 valence electrons. The predicted molar refractivity (Wildman–Crippen MR) is 81.2 cm³/mol. The van der Waals surface area contributed by atoms with Crippen molar-refractivity contribution < 1.29 is 9.53 Å². The lowest BCUT2D eigenvalue weighted by molar-refractivity contribution is 0.101. The number of rotatable bonds is 1. The van der Waals surface area contributed by atoms with E-state index >= 15 is 0 Å². The van der Waals surface area contributed by atoms with Crippen molar-refractivity contribution in [2.75, 3.05) is 0 Å². The van der Waals surface area contributed by atoms with E-state index in [1.54, 1.807) is 17.4 Å². The molecule has 0 atom stereocenters. The summed E-state index contributed by atoms with van der Waals surface area (Å²) in [5.74, 6) is 0.994. The van der Waals surface area contributed by atoms with Gasteiger partial charge in [0.1, 0.15) is 5.75 Å². The minimum Gasteiger partial charge on any atom is -0.452 e. The average Bonchev–Trinajstić information content (AvgIpc) is 3.03. The quantitative estimate of drug-likeness (QED) is 0.612. The molecule has 20 heavy (non-hydrogen) atoms. The topological polar surface area (TPSA) is 26.3 Å². The van der Waals surface area contributed by atoms with Crippen LogP contribution in [0.2, 0.25) is 0 Å². The number of carbonyl (C=O) groups is 1. The van der Waals surface area contributed by atoms with Gasteiger partial charge in [0.15, 0.2) is 5.76 Å². The number of ketones is 1. The first-order valence-electron chi connectivity index (χ1n) is 6.32. The summed E-state index contributed by atoms with van der Waals surface area (Å²) in [5.41, 5.74) is 1.67. The van der Waals surface area contributed by atoms with Crippen LogP contribution in [0.1, 0.15) is 15.9 Å². The summed E-state index contributed by atoms with van der Waals surface area (Å²) >= 11 is 1.67. The van der Waals surface area contributed by atoms with E-state index in [2.05, 4.69) is 17.5 Å². The van der Waals surface area contributed by atoms with Crippen molar-refractivity contribution in [2.24, 2.45) is 0 Å². The van der Waals surface area contributed by atoms with Crippen LogP contribution in [0.5, 0.6) is 5.75 Å². The van der Waals surface area contributed by atoms with Gasteiger partial charge in [-0.05, 0) is 40.6 Å². The molecule has 0 saturated carbocycles. The Kier molecular flexibility index (Phi) is 2.47. The Morgan fingerprint density at radius 3 is 2.70 bits per heavy atom. The number of fused-ring (bicyclic) bond motifs is 2. The Balaban J connectivity index is 1.81. The van der Waals surface area contributed by atoms with Crippen LogP contribution in [0.4, 0.5) is 0 Å². The average molecular weight is 278 g/mol. The molecule has 1 aromatic heterocycles. The highest BCUT2D eigenvalue weighted by molar-refractivity contribution is 7.17. The van der Waals surface area contributed by atoms with Crippen molar-refractivity contribution in [3.8, 4) is 5.75 Å². The molecule has 0 amide bonds. The molecule has 0 radical (unpaired) electrons. The molecule has 2 aromatic carbocycles. The molecule has 1 aliphatic rings. The lowest BCUT2D eigenvalue weighted by Crippen LogP contribution is -1.97. The maximum Gasteiger partial charge on any atom is 0.231 e. The summed E-state index contributed by atoms with van der Waals surface area (Å²) in [5, 5.41) is 3.20. The van der Waals surface area contributed by atoms with Crippen LogP contribution < -0.4 is 4.74 Å². The normalized spacial score (nSPS) is 15.6. The molecular formula is C17H10O2S. The third kappa shape index (κ3) is 1.67. The number of carbonyl (C=O) groups excluding carboxylic acids is 1. The smallest absolute Gasteiger partial charge is 0.231 e. The van der Waals surface area contributed by atoms with E-state index in [9.17, 15) is 4.79 Å². The van der Waals surface area contributed by atoms with Gasteiger partial charge in [-0.15, -0.1) is 11.3 Å². The fourth-order valence-corrected chi connectivity index (χ4v) is 3.31. The third-order valence-corrected chi connectivity index (χ3v) is 4.35. The van der Waals surface area contributed by atoms with Crippen LogP contribution in [-0.2, 0) is 0 Å². The Hall–Kier alpha value is -2.39. The van der Waals surface area contributed by atoms with Gasteiger partial charge in [0.2, 0.25) is 5.78 Å². The largest absolute Gasteiger partial charge is 0.452 e. The Bertz CT molecular complexity index is 858. The molecule has 1 aliphatic heterocycles. The molecule has 0 N–H and O–H groups in total. The fraction of sp³-hybridized carbons (Fsp3) is 0. The molecule has 3 aromatic rings. The van der Waals surface area contributed by atoms with Gasteiger partial charge in [0.25, 0.3) is 0 Å². The number of ether oxygens (including phenoxy) is 1. The van der Waals surface area contributed by atoms with Crippen LogP contribution in [0.25, 0.3) is 16.2 Å². The van der Waals surface area contributed by atoms with Crippen molar-refractivity contribution in [2.45, 2.75) is 0 Å². The molecule has 0 fully saturated rings. The number of para-hydroxylation sites is 1. The van der Waals surface area contributed by atoms with E-state index in [4.69, 9.17) is 4.74 Å². The van der Waals surface area contributed by atoms with Crippen molar-refractivity contribution in [1.82, 2.24) is 0 Å². The van der Waals surface area contributed by atoms with Crippen molar-refractivity contribution >= 4 is 33.3 Å². The second-order valence-corrected chi connectivity index (χ2v) is 5.53. The van der Waals surface area contributed by atoms with Gasteiger partial charge in [0.05, 0.1) is 5.56 Å². The Morgan fingerprint density at radius 2 is 1.80 bits per heavy atom. The van der Waals surface area contributed by atoms with E-state index in [1.807, 2.05) is 36.4 Å². The van der Waals surface area contributed by atoms with Crippen LogP contribution in [0, 0.1) is 0 Å². The number of Topliss-reactive ketones (excluding diaryl/α,β-unsaturated/α-hetero) is 1. The molecule has 0 bridgehead atoms. The summed E-state index contributed by atoms with van der Waals surface area (Å²) in [6.45, 7) is 0. The third-order valence-electron chi connectivity index (χ3n) is 3.37. The van der Waals surface area contributed by atoms with Crippen LogP contribution in [0.15, 0.2) is 59.7 Å². The molecule has 4 rings (SSSR count). The summed E-state index contributed by atoms with van der Waals surface area (Å²) in [7, 11) is 0. The van der Waals surface area contributed by atoms with E-state index in [0.717, 1.165) is 10.9 Å². The van der Waals surface area contributed by atoms with Crippen molar-refractivity contribution in [1.29, 1.82) is 0 Å². The summed E-state index contributed by atoms with van der Waals surface area (Å²) in [6, 6.07) is 15.5. The monoisotopic (exact) mass is 278 g/mol. The first kappa shape index (κ1) is 11.4. The minimum absolute atomic E-state index is 0.0455. The van der Waals surface area contributed by atoms with Gasteiger partial charge in [-0.2, -0.15) is 0 Å². The van der Waals surface area contributed by atoms with E-state index in [0.29, 0.717) is 17.1 Å². The van der Waals surface area contributed by atoms with Gasteiger partial charge in [-0.1, -0.05) is 30.3 Å². The van der Waals surface area contributed by atoms with E-state index < -0.39 is 0 Å². The molecule has 0 saturated heterocycles. The number of allylic oxidation sites excluding steroid dienone is 1. The van der Waals surface area contributed by atoms with Crippen LogP contribution in [-0.4, -0.2) is 5.78 Å². The zero-order chi connectivity index (χ0) is 13.5. The Morgan fingerprint density at radius 1 is 1.00 bits per heavy atom. The highest BCUT2D eigenvalue weighted by Gasteiger charge is 2.26. The number of thiophene rings is 1. The minimum atomic E-state index is -0.0455. The molecule has 0 aliphatic carbocycles. The molecule has 0 unspecified atom stereocenters. The Labute approximate surface area is 119 Å².